The van der Waals surface area contributed by atoms with Crippen LogP contribution in [0.2, 0.25) is 0 Å². The highest BCUT2D eigenvalue weighted by Crippen LogP contribution is 2.05. The SMILES string of the molecule is COCC(C)Oc1ncc(N)cn1. The lowest BCUT2D eigenvalue weighted by Gasteiger charge is -2.11. The van der Waals surface area contributed by atoms with Gasteiger partial charge < -0.3 is 15.2 Å². The number of ether oxygens (including phenoxy) is 2. The van der Waals surface area contributed by atoms with Crippen molar-refractivity contribution in [1.29, 1.82) is 0 Å². The summed E-state index contributed by atoms with van der Waals surface area (Å²) in [5, 5.41) is 0. The topological polar surface area (TPSA) is 70.3 Å². The predicted molar refractivity (Wildman–Crippen MR) is 48.4 cm³/mol. The number of hydrogen-bond acceptors (Lipinski definition) is 5. The number of nitrogens with zero attached hydrogens (tertiary/aromatic N) is 2. The third-order valence-electron chi connectivity index (χ3n) is 1.36. The van der Waals surface area contributed by atoms with Crippen LogP contribution in [0.5, 0.6) is 6.01 Å². The summed E-state index contributed by atoms with van der Waals surface area (Å²) in [4.78, 5) is 7.77. The molecule has 72 valence electrons. The van der Waals surface area contributed by atoms with Gasteiger partial charge in [-0.05, 0) is 6.92 Å². The molecule has 1 aromatic heterocycles. The Hall–Kier alpha value is -1.36. The molecular formula is C8H13N3O2. The van der Waals surface area contributed by atoms with Crippen LogP contribution in [0.15, 0.2) is 12.4 Å². The summed E-state index contributed by atoms with van der Waals surface area (Å²) >= 11 is 0. The standard InChI is InChI=1S/C8H13N3O2/c1-6(5-12-2)13-8-10-3-7(9)4-11-8/h3-4,6H,5,9H2,1-2H3. The van der Waals surface area contributed by atoms with E-state index in [0.717, 1.165) is 0 Å². The van der Waals surface area contributed by atoms with Crippen molar-refractivity contribution in [3.63, 3.8) is 0 Å². The summed E-state index contributed by atoms with van der Waals surface area (Å²) in [7, 11) is 1.61. The second-order valence-electron chi connectivity index (χ2n) is 2.68. The molecule has 0 spiro atoms. The zero-order chi connectivity index (χ0) is 9.68. The molecule has 13 heavy (non-hydrogen) atoms. The fraction of sp³-hybridized carbons (Fsp3) is 0.500. The minimum atomic E-state index is -0.0615. The normalized spacial score (nSPS) is 12.5. The Bertz CT molecular complexity index is 250. The minimum Gasteiger partial charge on any atom is -0.458 e. The first kappa shape index (κ1) is 9.73. The molecule has 0 fully saturated rings. The highest BCUT2D eigenvalue weighted by Gasteiger charge is 2.04. The highest BCUT2D eigenvalue weighted by molar-refractivity contribution is 5.30. The fourth-order valence-corrected chi connectivity index (χ4v) is 0.836. The molecule has 1 aromatic rings. The van der Waals surface area contributed by atoms with Crippen molar-refractivity contribution >= 4 is 5.69 Å². The van der Waals surface area contributed by atoms with Crippen molar-refractivity contribution in [3.8, 4) is 6.01 Å². The van der Waals surface area contributed by atoms with Gasteiger partial charge in [-0.2, -0.15) is 0 Å². The number of anilines is 1. The van der Waals surface area contributed by atoms with Crippen LogP contribution in [0, 0.1) is 0 Å². The minimum absolute atomic E-state index is 0.0615. The average Bonchev–Trinajstić information content (AvgIpc) is 2.09. The molecule has 1 rings (SSSR count). The Kier molecular flexibility index (Phi) is 3.45. The molecule has 5 heteroatoms. The molecule has 0 aromatic carbocycles. The van der Waals surface area contributed by atoms with Crippen LogP contribution in [0.4, 0.5) is 5.69 Å². The predicted octanol–water partition coefficient (Wildman–Crippen LogP) is 0.473. The van der Waals surface area contributed by atoms with Gasteiger partial charge in [0.1, 0.15) is 6.10 Å². The molecule has 1 atom stereocenters. The maximum absolute atomic E-state index is 5.41. The Labute approximate surface area is 76.9 Å². The van der Waals surface area contributed by atoms with E-state index in [2.05, 4.69) is 9.97 Å². The molecule has 0 aliphatic carbocycles. The molecule has 0 saturated heterocycles. The molecule has 0 amide bonds. The number of methoxy groups -OCH3 is 1. The molecule has 0 aliphatic rings. The van der Waals surface area contributed by atoms with Gasteiger partial charge in [0.2, 0.25) is 0 Å². The van der Waals surface area contributed by atoms with Crippen molar-refractivity contribution in [3.05, 3.63) is 12.4 Å². The van der Waals surface area contributed by atoms with Crippen LogP contribution in [-0.2, 0) is 4.74 Å². The van der Waals surface area contributed by atoms with Crippen LogP contribution >= 0.6 is 0 Å². The maximum atomic E-state index is 5.41. The van der Waals surface area contributed by atoms with Crippen molar-refractivity contribution in [2.45, 2.75) is 13.0 Å². The van der Waals surface area contributed by atoms with E-state index in [0.29, 0.717) is 18.3 Å². The lowest BCUT2D eigenvalue weighted by Crippen LogP contribution is -2.19. The Balaban J connectivity index is 2.49. The van der Waals surface area contributed by atoms with Gasteiger partial charge in [0.15, 0.2) is 0 Å². The molecule has 0 bridgehead atoms. The van der Waals surface area contributed by atoms with Gasteiger partial charge in [0.25, 0.3) is 0 Å². The number of nitrogen functional groups attached to an aromatic ring is 1. The van der Waals surface area contributed by atoms with Gasteiger partial charge in [0, 0.05) is 7.11 Å². The largest absolute Gasteiger partial charge is 0.458 e. The second-order valence-corrected chi connectivity index (χ2v) is 2.68. The lowest BCUT2D eigenvalue weighted by molar-refractivity contribution is 0.0855. The van der Waals surface area contributed by atoms with Gasteiger partial charge in [-0.15, -0.1) is 0 Å². The number of hydrogen-bond donors (Lipinski definition) is 1. The summed E-state index contributed by atoms with van der Waals surface area (Å²) in [6.45, 7) is 2.39. The number of nitrogens with two attached hydrogens (primary N) is 1. The van der Waals surface area contributed by atoms with Crippen LogP contribution in [0.3, 0.4) is 0 Å². The van der Waals surface area contributed by atoms with Crippen molar-refractivity contribution < 1.29 is 9.47 Å². The molecule has 2 N–H and O–H groups in total. The molecule has 1 unspecified atom stereocenters. The summed E-state index contributed by atoms with van der Waals surface area (Å²) < 4.78 is 10.2. The first-order chi connectivity index (χ1) is 6.22. The zero-order valence-corrected chi connectivity index (χ0v) is 7.73. The van der Waals surface area contributed by atoms with E-state index >= 15 is 0 Å². The summed E-state index contributed by atoms with van der Waals surface area (Å²) in [5.41, 5.74) is 5.93. The van der Waals surface area contributed by atoms with Gasteiger partial charge >= 0.3 is 6.01 Å². The molecule has 0 radical (unpaired) electrons. The number of aromatic nitrogens is 2. The van der Waals surface area contributed by atoms with Crippen molar-refractivity contribution in [2.75, 3.05) is 19.5 Å². The zero-order valence-electron chi connectivity index (χ0n) is 7.73. The van der Waals surface area contributed by atoms with Crippen LogP contribution in [0.25, 0.3) is 0 Å². The quantitative estimate of drug-likeness (QED) is 0.734. The van der Waals surface area contributed by atoms with E-state index in [-0.39, 0.29) is 6.10 Å². The summed E-state index contributed by atoms with van der Waals surface area (Å²) in [6.07, 6.45) is 2.94. The summed E-state index contributed by atoms with van der Waals surface area (Å²) in [5.74, 6) is 0. The molecule has 1 heterocycles. The Morgan fingerprint density at radius 1 is 1.46 bits per heavy atom. The number of rotatable bonds is 4. The molecule has 0 saturated carbocycles. The van der Waals surface area contributed by atoms with E-state index in [9.17, 15) is 0 Å². The van der Waals surface area contributed by atoms with E-state index in [4.69, 9.17) is 15.2 Å². The average molecular weight is 183 g/mol. The van der Waals surface area contributed by atoms with Gasteiger partial charge in [-0.25, -0.2) is 9.97 Å². The first-order valence-corrected chi connectivity index (χ1v) is 3.95. The van der Waals surface area contributed by atoms with E-state index in [1.807, 2.05) is 6.92 Å². The lowest BCUT2D eigenvalue weighted by atomic mass is 10.4. The first-order valence-electron chi connectivity index (χ1n) is 3.95. The Morgan fingerprint density at radius 2 is 2.08 bits per heavy atom. The molecular weight excluding hydrogens is 170 g/mol. The smallest absolute Gasteiger partial charge is 0.316 e. The third-order valence-corrected chi connectivity index (χ3v) is 1.36. The van der Waals surface area contributed by atoms with E-state index < -0.39 is 0 Å². The van der Waals surface area contributed by atoms with Crippen LogP contribution < -0.4 is 10.5 Å². The van der Waals surface area contributed by atoms with Crippen molar-refractivity contribution in [1.82, 2.24) is 9.97 Å². The Morgan fingerprint density at radius 3 is 2.62 bits per heavy atom. The van der Waals surface area contributed by atoms with Crippen molar-refractivity contribution in [2.24, 2.45) is 0 Å². The van der Waals surface area contributed by atoms with Crippen LogP contribution in [0.1, 0.15) is 6.92 Å². The van der Waals surface area contributed by atoms with Crippen LogP contribution in [-0.4, -0.2) is 29.8 Å². The van der Waals surface area contributed by atoms with E-state index in [1.165, 1.54) is 12.4 Å². The van der Waals surface area contributed by atoms with E-state index in [1.54, 1.807) is 7.11 Å². The van der Waals surface area contributed by atoms with Gasteiger partial charge in [-0.1, -0.05) is 0 Å². The fourth-order valence-electron chi connectivity index (χ4n) is 0.836. The van der Waals surface area contributed by atoms with Gasteiger partial charge in [-0.3, -0.25) is 0 Å². The molecule has 0 aliphatic heterocycles. The summed E-state index contributed by atoms with van der Waals surface area (Å²) in [6, 6.07) is 0.318. The molecule has 5 nitrogen and oxygen atoms in total. The third kappa shape index (κ3) is 3.25. The maximum Gasteiger partial charge on any atom is 0.316 e. The highest BCUT2D eigenvalue weighted by atomic mass is 16.5. The van der Waals surface area contributed by atoms with Gasteiger partial charge in [0.05, 0.1) is 24.7 Å². The second kappa shape index (κ2) is 4.61. The monoisotopic (exact) mass is 183 g/mol.